The number of aromatic amines is 1. The number of carboxylic acid groups (broad SMARTS) is 1. The van der Waals surface area contributed by atoms with Gasteiger partial charge in [0.2, 0.25) is 0 Å². The number of nitrogens with one attached hydrogen (secondary N) is 2. The summed E-state index contributed by atoms with van der Waals surface area (Å²) in [7, 11) is 0. The van der Waals surface area contributed by atoms with Crippen molar-refractivity contribution < 1.29 is 14.7 Å². The van der Waals surface area contributed by atoms with E-state index in [9.17, 15) is 9.59 Å². The number of hydrogen-bond acceptors (Lipinski definition) is 2. The van der Waals surface area contributed by atoms with E-state index in [0.717, 1.165) is 12.8 Å². The van der Waals surface area contributed by atoms with E-state index < -0.39 is 17.9 Å². The summed E-state index contributed by atoms with van der Waals surface area (Å²) in [4.78, 5) is 26.3. The summed E-state index contributed by atoms with van der Waals surface area (Å²) in [6.45, 7) is 0. The molecule has 0 aliphatic heterocycles. The third kappa shape index (κ3) is 2.71. The van der Waals surface area contributed by atoms with Gasteiger partial charge in [-0.25, -0.2) is 4.79 Å². The van der Waals surface area contributed by atoms with Crippen LogP contribution in [0.25, 0.3) is 10.9 Å². The topological polar surface area (TPSA) is 82.2 Å². The van der Waals surface area contributed by atoms with Crippen molar-refractivity contribution in [1.29, 1.82) is 0 Å². The normalized spacial score (nSPS) is 15.9. The fraction of sp³-hybridized carbons (Fsp3) is 0.286. The number of aliphatic carboxylic acids is 1. The summed E-state index contributed by atoms with van der Waals surface area (Å²) < 4.78 is 0. The van der Waals surface area contributed by atoms with Gasteiger partial charge in [0.15, 0.2) is 0 Å². The Balaban J connectivity index is 1.90. The third-order valence-electron chi connectivity index (χ3n) is 3.57. The van der Waals surface area contributed by atoms with Crippen molar-refractivity contribution in [1.82, 2.24) is 10.3 Å². The number of rotatable bonds is 4. The maximum atomic E-state index is 12.2. The Morgan fingerprint density at radius 2 is 2.05 bits per heavy atom. The zero-order chi connectivity index (χ0) is 15.1. The molecule has 110 valence electrons. The molecule has 3 N–H and O–H groups in total. The highest BCUT2D eigenvalue weighted by molar-refractivity contribution is 6.39. The standard InChI is InChI=1S/C14H12Cl2N2O3/c15-7-3-4-9-8(5-7)10(16)12(17-9)13(19)18-11(14(20)21)6-1-2-6/h3-6,11,17H,1-2H2,(H,18,19)(H,20,21). The van der Waals surface area contributed by atoms with Crippen LogP contribution in [0.2, 0.25) is 10.0 Å². The molecule has 1 aliphatic rings. The molecule has 1 atom stereocenters. The van der Waals surface area contributed by atoms with Gasteiger partial charge in [-0.1, -0.05) is 23.2 Å². The van der Waals surface area contributed by atoms with Crippen molar-refractivity contribution in [2.24, 2.45) is 5.92 Å². The van der Waals surface area contributed by atoms with Gasteiger partial charge < -0.3 is 15.4 Å². The molecule has 1 unspecified atom stereocenters. The summed E-state index contributed by atoms with van der Waals surface area (Å²) >= 11 is 12.1. The third-order valence-corrected chi connectivity index (χ3v) is 4.20. The van der Waals surface area contributed by atoms with E-state index in [1.807, 2.05) is 0 Å². The molecule has 0 spiro atoms. The van der Waals surface area contributed by atoms with Crippen LogP contribution < -0.4 is 5.32 Å². The molecule has 0 saturated heterocycles. The highest BCUT2D eigenvalue weighted by Gasteiger charge is 2.37. The van der Waals surface area contributed by atoms with Crippen LogP contribution in [0.1, 0.15) is 23.3 Å². The van der Waals surface area contributed by atoms with Crippen LogP contribution in [0, 0.1) is 5.92 Å². The molecule has 1 fully saturated rings. The Bertz CT molecular complexity index is 737. The number of hydrogen-bond donors (Lipinski definition) is 3. The average molecular weight is 327 g/mol. The predicted octanol–water partition coefficient (Wildman–Crippen LogP) is 3.07. The molecule has 0 bridgehead atoms. The smallest absolute Gasteiger partial charge is 0.326 e. The fourth-order valence-electron chi connectivity index (χ4n) is 2.31. The number of benzene rings is 1. The van der Waals surface area contributed by atoms with Gasteiger partial charge in [-0.05, 0) is 37.0 Å². The monoisotopic (exact) mass is 326 g/mol. The van der Waals surface area contributed by atoms with Crippen LogP contribution in [-0.4, -0.2) is 28.0 Å². The lowest BCUT2D eigenvalue weighted by molar-refractivity contribution is -0.139. The zero-order valence-corrected chi connectivity index (χ0v) is 12.3. The van der Waals surface area contributed by atoms with Gasteiger partial charge in [0.1, 0.15) is 11.7 Å². The molecular formula is C14H12Cl2N2O3. The molecule has 1 aromatic heterocycles. The van der Waals surface area contributed by atoms with Crippen molar-refractivity contribution in [3.05, 3.63) is 33.9 Å². The average Bonchev–Trinajstić information content (AvgIpc) is 3.21. The summed E-state index contributed by atoms with van der Waals surface area (Å²) in [5, 5.41) is 13.1. The van der Waals surface area contributed by atoms with Crippen molar-refractivity contribution in [3.63, 3.8) is 0 Å². The number of aromatic nitrogens is 1. The molecule has 1 aromatic carbocycles. The van der Waals surface area contributed by atoms with E-state index in [1.165, 1.54) is 0 Å². The van der Waals surface area contributed by atoms with E-state index in [0.29, 0.717) is 15.9 Å². The lowest BCUT2D eigenvalue weighted by atomic mass is 10.2. The van der Waals surface area contributed by atoms with Gasteiger partial charge in [-0.2, -0.15) is 0 Å². The van der Waals surface area contributed by atoms with Crippen LogP contribution in [0.4, 0.5) is 0 Å². The van der Waals surface area contributed by atoms with E-state index >= 15 is 0 Å². The lowest BCUT2D eigenvalue weighted by Gasteiger charge is -2.12. The van der Waals surface area contributed by atoms with Crippen LogP contribution in [0.3, 0.4) is 0 Å². The summed E-state index contributed by atoms with van der Waals surface area (Å²) in [6, 6.07) is 4.18. The second kappa shape index (κ2) is 5.24. The van der Waals surface area contributed by atoms with Crippen molar-refractivity contribution in [3.8, 4) is 0 Å². The number of H-pyrrole nitrogens is 1. The zero-order valence-electron chi connectivity index (χ0n) is 10.8. The summed E-state index contributed by atoms with van der Waals surface area (Å²) in [5.74, 6) is -1.54. The second-order valence-corrected chi connectivity index (χ2v) is 5.95. The first-order valence-corrected chi connectivity index (χ1v) is 7.23. The van der Waals surface area contributed by atoms with E-state index in [-0.39, 0.29) is 16.6 Å². The molecule has 1 amide bonds. The Morgan fingerprint density at radius 3 is 2.67 bits per heavy atom. The number of fused-ring (bicyclic) bond motifs is 1. The van der Waals surface area contributed by atoms with Crippen LogP contribution in [0.5, 0.6) is 0 Å². The molecule has 0 radical (unpaired) electrons. The minimum atomic E-state index is -1.03. The Labute approximate surface area is 130 Å². The number of amides is 1. The van der Waals surface area contributed by atoms with Crippen molar-refractivity contribution >= 4 is 46.0 Å². The van der Waals surface area contributed by atoms with Gasteiger partial charge in [-0.3, -0.25) is 4.79 Å². The number of carbonyl (C=O) groups is 2. The van der Waals surface area contributed by atoms with Gasteiger partial charge in [0.05, 0.1) is 5.02 Å². The predicted molar refractivity (Wildman–Crippen MR) is 79.9 cm³/mol. The van der Waals surface area contributed by atoms with Crippen LogP contribution >= 0.6 is 23.2 Å². The van der Waals surface area contributed by atoms with Crippen molar-refractivity contribution in [2.45, 2.75) is 18.9 Å². The summed E-state index contributed by atoms with van der Waals surface area (Å²) in [6.07, 6.45) is 1.63. The van der Waals surface area contributed by atoms with Gasteiger partial charge in [0, 0.05) is 15.9 Å². The molecule has 1 heterocycles. The van der Waals surface area contributed by atoms with Gasteiger partial charge >= 0.3 is 5.97 Å². The van der Waals surface area contributed by atoms with Gasteiger partial charge in [0.25, 0.3) is 5.91 Å². The first-order chi connectivity index (χ1) is 9.97. The van der Waals surface area contributed by atoms with Crippen molar-refractivity contribution in [2.75, 3.05) is 0 Å². The molecule has 2 aromatic rings. The molecule has 1 aliphatic carbocycles. The van der Waals surface area contributed by atoms with E-state index in [4.69, 9.17) is 28.3 Å². The van der Waals surface area contributed by atoms with Crippen LogP contribution in [-0.2, 0) is 4.79 Å². The number of carboxylic acids is 1. The fourth-order valence-corrected chi connectivity index (χ4v) is 2.77. The van der Waals surface area contributed by atoms with Gasteiger partial charge in [-0.15, -0.1) is 0 Å². The van der Waals surface area contributed by atoms with Crippen LogP contribution in [0.15, 0.2) is 18.2 Å². The minimum absolute atomic E-state index is 0.00375. The highest BCUT2D eigenvalue weighted by atomic mass is 35.5. The highest BCUT2D eigenvalue weighted by Crippen LogP contribution is 2.34. The molecule has 21 heavy (non-hydrogen) atoms. The molecule has 1 saturated carbocycles. The van der Waals surface area contributed by atoms with E-state index in [2.05, 4.69) is 10.3 Å². The Kier molecular flexibility index (Phi) is 3.55. The number of carbonyl (C=O) groups excluding carboxylic acids is 1. The molecule has 7 heteroatoms. The number of halogens is 2. The molecule has 5 nitrogen and oxygen atoms in total. The SMILES string of the molecule is O=C(NC(C(=O)O)C1CC1)c1[nH]c2ccc(Cl)cc2c1Cl. The maximum absolute atomic E-state index is 12.2. The maximum Gasteiger partial charge on any atom is 0.326 e. The molecule has 3 rings (SSSR count). The second-order valence-electron chi connectivity index (χ2n) is 5.13. The summed E-state index contributed by atoms with van der Waals surface area (Å²) in [5.41, 5.74) is 0.827. The minimum Gasteiger partial charge on any atom is -0.480 e. The lowest BCUT2D eigenvalue weighted by Crippen LogP contribution is -2.42. The Morgan fingerprint density at radius 1 is 1.33 bits per heavy atom. The first-order valence-electron chi connectivity index (χ1n) is 6.48. The molecular weight excluding hydrogens is 315 g/mol. The Hall–Kier alpha value is -1.72. The largest absolute Gasteiger partial charge is 0.480 e. The first kappa shape index (κ1) is 14.2. The quantitative estimate of drug-likeness (QED) is 0.807. The van der Waals surface area contributed by atoms with E-state index in [1.54, 1.807) is 18.2 Å².